The van der Waals surface area contributed by atoms with Crippen molar-refractivity contribution in [1.82, 2.24) is 0 Å². The number of hydrogen-bond acceptors (Lipinski definition) is 2. The SMILES string of the molecule is O=CCC#Cc1c(Cl)cccc1C(=O)O. The van der Waals surface area contributed by atoms with Gasteiger partial charge in [-0.1, -0.05) is 29.5 Å². The van der Waals surface area contributed by atoms with Gasteiger partial charge in [0.25, 0.3) is 0 Å². The maximum absolute atomic E-state index is 10.8. The molecule has 1 rings (SSSR count). The van der Waals surface area contributed by atoms with Gasteiger partial charge in [0.2, 0.25) is 0 Å². The van der Waals surface area contributed by atoms with Gasteiger partial charge in [0, 0.05) is 0 Å². The van der Waals surface area contributed by atoms with E-state index < -0.39 is 5.97 Å². The fraction of sp³-hybridized carbons (Fsp3) is 0.0909. The highest BCUT2D eigenvalue weighted by atomic mass is 35.5. The number of hydrogen-bond donors (Lipinski definition) is 1. The lowest BCUT2D eigenvalue weighted by Crippen LogP contribution is -2.00. The van der Waals surface area contributed by atoms with Gasteiger partial charge in [0.15, 0.2) is 0 Å². The molecule has 0 spiro atoms. The fourth-order valence-electron chi connectivity index (χ4n) is 1.01. The summed E-state index contributed by atoms with van der Waals surface area (Å²) in [5.41, 5.74) is 0.286. The molecule has 1 aromatic rings. The molecule has 0 aliphatic heterocycles. The molecule has 0 atom stereocenters. The lowest BCUT2D eigenvalue weighted by molar-refractivity contribution is -0.107. The Balaban J connectivity index is 3.20. The molecule has 0 heterocycles. The predicted octanol–water partition coefficient (Wildman–Crippen LogP) is 1.98. The summed E-state index contributed by atoms with van der Waals surface area (Å²) < 4.78 is 0. The molecule has 0 amide bonds. The van der Waals surface area contributed by atoms with Crippen LogP contribution in [0.4, 0.5) is 0 Å². The molecule has 0 fully saturated rings. The van der Waals surface area contributed by atoms with Gasteiger partial charge >= 0.3 is 5.97 Å². The first-order valence-corrected chi connectivity index (χ1v) is 4.49. The largest absolute Gasteiger partial charge is 0.478 e. The molecule has 0 bridgehead atoms. The van der Waals surface area contributed by atoms with Gasteiger partial charge in [-0.05, 0) is 12.1 Å². The van der Waals surface area contributed by atoms with Crippen molar-refractivity contribution >= 4 is 23.9 Å². The average molecular weight is 223 g/mol. The number of rotatable bonds is 2. The maximum Gasteiger partial charge on any atom is 0.337 e. The molecule has 76 valence electrons. The molecule has 15 heavy (non-hydrogen) atoms. The molecule has 0 aliphatic rings. The van der Waals surface area contributed by atoms with Gasteiger partial charge < -0.3 is 9.90 Å². The van der Waals surface area contributed by atoms with E-state index >= 15 is 0 Å². The van der Waals surface area contributed by atoms with Crippen molar-refractivity contribution < 1.29 is 14.7 Å². The molecule has 0 unspecified atom stereocenters. The van der Waals surface area contributed by atoms with Crippen molar-refractivity contribution in [3.63, 3.8) is 0 Å². The van der Waals surface area contributed by atoms with Crippen LogP contribution in [0.3, 0.4) is 0 Å². The number of carboxylic acid groups (broad SMARTS) is 1. The van der Waals surface area contributed by atoms with Crippen LogP contribution in [0.25, 0.3) is 0 Å². The summed E-state index contributed by atoms with van der Waals surface area (Å²) in [7, 11) is 0. The van der Waals surface area contributed by atoms with Crippen LogP contribution >= 0.6 is 11.6 Å². The summed E-state index contributed by atoms with van der Waals surface area (Å²) >= 11 is 5.80. The van der Waals surface area contributed by atoms with Gasteiger partial charge in [0.05, 0.1) is 22.6 Å². The molecule has 1 N–H and O–H groups in total. The van der Waals surface area contributed by atoms with Crippen LogP contribution in [0.15, 0.2) is 18.2 Å². The molecule has 0 aromatic heterocycles. The Morgan fingerprint density at radius 1 is 1.53 bits per heavy atom. The van der Waals surface area contributed by atoms with Crippen molar-refractivity contribution in [1.29, 1.82) is 0 Å². The summed E-state index contributed by atoms with van der Waals surface area (Å²) in [6.07, 6.45) is 0.703. The van der Waals surface area contributed by atoms with Crippen LogP contribution in [-0.2, 0) is 4.79 Å². The normalized spacial score (nSPS) is 8.87. The molecule has 1 aromatic carbocycles. The second-order valence-corrected chi connectivity index (χ2v) is 3.05. The third kappa shape index (κ3) is 2.83. The number of halogens is 1. The second kappa shape index (κ2) is 5.18. The Hall–Kier alpha value is -1.79. The fourth-order valence-corrected chi connectivity index (χ4v) is 1.23. The second-order valence-electron chi connectivity index (χ2n) is 2.64. The van der Waals surface area contributed by atoms with E-state index in [2.05, 4.69) is 11.8 Å². The van der Waals surface area contributed by atoms with Crippen LogP contribution in [0.1, 0.15) is 22.3 Å². The van der Waals surface area contributed by atoms with Crippen molar-refractivity contribution in [2.24, 2.45) is 0 Å². The topological polar surface area (TPSA) is 54.4 Å². The van der Waals surface area contributed by atoms with Gasteiger partial charge in [-0.2, -0.15) is 0 Å². The molecular weight excluding hydrogens is 216 g/mol. The molecule has 0 saturated heterocycles. The van der Waals surface area contributed by atoms with E-state index in [1.54, 1.807) is 6.07 Å². The van der Waals surface area contributed by atoms with E-state index in [-0.39, 0.29) is 22.6 Å². The number of aldehydes is 1. The molecule has 0 aliphatic carbocycles. The Morgan fingerprint density at radius 3 is 2.87 bits per heavy atom. The first-order valence-electron chi connectivity index (χ1n) is 4.11. The van der Waals surface area contributed by atoms with Crippen molar-refractivity contribution in [3.05, 3.63) is 34.3 Å². The Bertz CT molecular complexity index is 455. The van der Waals surface area contributed by atoms with Gasteiger partial charge in [-0.15, -0.1) is 0 Å². The number of carbonyl (C=O) groups is 2. The number of aromatic carboxylic acids is 1. The number of carboxylic acids is 1. The molecule has 0 radical (unpaired) electrons. The lowest BCUT2D eigenvalue weighted by Gasteiger charge is -2.00. The van der Waals surface area contributed by atoms with E-state index in [0.29, 0.717) is 6.29 Å². The van der Waals surface area contributed by atoms with Crippen LogP contribution in [-0.4, -0.2) is 17.4 Å². The summed E-state index contributed by atoms with van der Waals surface area (Å²) in [6, 6.07) is 4.51. The lowest BCUT2D eigenvalue weighted by atomic mass is 10.1. The minimum Gasteiger partial charge on any atom is -0.478 e. The maximum atomic E-state index is 10.8. The number of benzene rings is 1. The predicted molar refractivity (Wildman–Crippen MR) is 56.0 cm³/mol. The van der Waals surface area contributed by atoms with E-state index in [1.165, 1.54) is 12.1 Å². The third-order valence-corrected chi connectivity index (χ3v) is 1.96. The summed E-state index contributed by atoms with van der Waals surface area (Å²) in [4.78, 5) is 20.9. The molecule has 3 nitrogen and oxygen atoms in total. The standard InChI is InChI=1S/C11H7ClO3/c12-10-6-3-5-9(11(14)15)8(10)4-1-2-7-13/h3,5-7H,2H2,(H,14,15). The van der Waals surface area contributed by atoms with Crippen LogP contribution in [0, 0.1) is 11.8 Å². The zero-order valence-electron chi connectivity index (χ0n) is 7.66. The minimum absolute atomic E-state index is 0.0425. The van der Waals surface area contributed by atoms with E-state index in [1.807, 2.05) is 0 Å². The minimum atomic E-state index is -1.09. The molecular formula is C11H7ClO3. The number of carbonyl (C=O) groups excluding carboxylic acids is 1. The summed E-state index contributed by atoms with van der Waals surface area (Å²) in [5, 5.41) is 9.12. The monoisotopic (exact) mass is 222 g/mol. The van der Waals surface area contributed by atoms with Crippen LogP contribution in [0.2, 0.25) is 5.02 Å². The van der Waals surface area contributed by atoms with Gasteiger partial charge in [-0.25, -0.2) is 4.79 Å². The zero-order valence-corrected chi connectivity index (χ0v) is 8.41. The average Bonchev–Trinajstić information content (AvgIpc) is 2.20. The van der Waals surface area contributed by atoms with E-state index in [4.69, 9.17) is 16.7 Å². The van der Waals surface area contributed by atoms with E-state index in [9.17, 15) is 9.59 Å². The first-order chi connectivity index (χ1) is 7.16. The Morgan fingerprint density at radius 2 is 2.27 bits per heavy atom. The highest BCUT2D eigenvalue weighted by molar-refractivity contribution is 6.32. The van der Waals surface area contributed by atoms with Crippen molar-refractivity contribution in [2.75, 3.05) is 0 Å². The van der Waals surface area contributed by atoms with Gasteiger partial charge in [0.1, 0.15) is 6.29 Å². The first kappa shape index (κ1) is 11.3. The zero-order chi connectivity index (χ0) is 11.3. The summed E-state index contributed by atoms with van der Waals surface area (Å²) in [6.45, 7) is 0. The van der Waals surface area contributed by atoms with Crippen LogP contribution in [0.5, 0.6) is 0 Å². The van der Waals surface area contributed by atoms with Crippen molar-refractivity contribution in [3.8, 4) is 11.8 Å². The van der Waals surface area contributed by atoms with Crippen LogP contribution < -0.4 is 0 Å². The molecule has 0 saturated carbocycles. The van der Waals surface area contributed by atoms with Gasteiger partial charge in [-0.3, -0.25) is 0 Å². The van der Waals surface area contributed by atoms with E-state index in [0.717, 1.165) is 0 Å². The highest BCUT2D eigenvalue weighted by Crippen LogP contribution is 2.18. The summed E-state index contributed by atoms with van der Waals surface area (Å²) in [5.74, 6) is 4.00. The Labute approximate surface area is 91.7 Å². The third-order valence-electron chi connectivity index (χ3n) is 1.64. The quantitative estimate of drug-likeness (QED) is 0.615. The highest BCUT2D eigenvalue weighted by Gasteiger charge is 2.10. The molecule has 4 heteroatoms. The smallest absolute Gasteiger partial charge is 0.337 e. The Kier molecular flexibility index (Phi) is 3.90. The van der Waals surface area contributed by atoms with Crippen molar-refractivity contribution in [2.45, 2.75) is 6.42 Å².